The fourth-order valence-electron chi connectivity index (χ4n) is 1.83. The molecule has 0 fully saturated rings. The van der Waals surface area contributed by atoms with Crippen LogP contribution in [0.5, 0.6) is 0 Å². The van der Waals surface area contributed by atoms with E-state index in [4.69, 9.17) is 4.18 Å². The summed E-state index contributed by atoms with van der Waals surface area (Å²) in [6, 6.07) is 14.8. The van der Waals surface area contributed by atoms with Gasteiger partial charge < -0.3 is 0 Å². The summed E-state index contributed by atoms with van der Waals surface area (Å²) in [5, 5.41) is 0. The highest BCUT2D eigenvalue weighted by atomic mass is 32.2. The zero-order chi connectivity index (χ0) is 15.5. The van der Waals surface area contributed by atoms with Crippen LogP contribution in [0.1, 0.15) is 22.8 Å². The van der Waals surface area contributed by atoms with E-state index in [1.807, 2.05) is 6.92 Å². The molecule has 0 saturated carbocycles. The molecule has 110 valence electrons. The summed E-state index contributed by atoms with van der Waals surface area (Å²) in [5.41, 5.74) is 1.37. The fraction of sp³-hybridized carbons (Fsp3) is 0.188. The maximum absolute atomic E-state index is 12.1. The molecule has 4 nitrogen and oxygen atoms in total. The Bertz CT molecular complexity index is 719. The molecule has 0 aliphatic heterocycles. The summed E-state index contributed by atoms with van der Waals surface area (Å²) in [4.78, 5) is 12.2. The zero-order valence-corrected chi connectivity index (χ0v) is 12.6. The predicted molar refractivity (Wildman–Crippen MR) is 79.7 cm³/mol. The molecule has 5 heteroatoms. The molecule has 0 aliphatic rings. The largest absolute Gasteiger partial charge is 0.297 e. The van der Waals surface area contributed by atoms with Crippen molar-refractivity contribution in [2.45, 2.75) is 24.8 Å². The summed E-state index contributed by atoms with van der Waals surface area (Å²) < 4.78 is 29.2. The van der Waals surface area contributed by atoms with Gasteiger partial charge in [-0.15, -0.1) is 0 Å². The molecule has 0 radical (unpaired) electrons. The van der Waals surface area contributed by atoms with Crippen molar-refractivity contribution in [1.82, 2.24) is 0 Å². The van der Waals surface area contributed by atoms with Gasteiger partial charge in [0, 0.05) is 5.56 Å². The molecule has 0 amide bonds. The number of hydrogen-bond acceptors (Lipinski definition) is 4. The predicted octanol–water partition coefficient (Wildman–Crippen LogP) is 2.97. The van der Waals surface area contributed by atoms with Crippen molar-refractivity contribution in [2.24, 2.45) is 0 Å². The van der Waals surface area contributed by atoms with Crippen molar-refractivity contribution in [3.8, 4) is 0 Å². The van der Waals surface area contributed by atoms with Gasteiger partial charge in [-0.25, -0.2) is 0 Å². The van der Waals surface area contributed by atoms with Crippen LogP contribution in [0, 0.1) is 6.92 Å². The Hall–Kier alpha value is -1.98. The topological polar surface area (TPSA) is 60.4 Å². The number of carbonyl (C=O) groups is 1. The standard InChI is InChI=1S/C16H16O4S/c1-12-8-10-15(11-9-12)21(18,19)20-13(2)16(17)14-6-4-3-5-7-14/h3-11,13H,1-2H3/t13-/m1/s1. The highest BCUT2D eigenvalue weighted by Crippen LogP contribution is 2.17. The number of carbonyl (C=O) groups excluding carboxylic acids is 1. The Labute approximate surface area is 124 Å². The summed E-state index contributed by atoms with van der Waals surface area (Å²) in [6.07, 6.45) is -1.07. The van der Waals surface area contributed by atoms with Crippen LogP contribution >= 0.6 is 0 Å². The molecular formula is C16H16O4S. The van der Waals surface area contributed by atoms with Crippen molar-refractivity contribution in [3.05, 3.63) is 65.7 Å². The normalized spacial score (nSPS) is 12.9. The number of rotatable bonds is 5. The number of benzene rings is 2. The van der Waals surface area contributed by atoms with E-state index in [1.165, 1.54) is 19.1 Å². The lowest BCUT2D eigenvalue weighted by atomic mass is 10.1. The second-order valence-electron chi connectivity index (χ2n) is 4.74. The van der Waals surface area contributed by atoms with Gasteiger partial charge in [-0.3, -0.25) is 8.98 Å². The van der Waals surface area contributed by atoms with E-state index in [-0.39, 0.29) is 10.7 Å². The monoisotopic (exact) mass is 304 g/mol. The SMILES string of the molecule is Cc1ccc(S(=O)(=O)O[C@H](C)C(=O)c2ccccc2)cc1. The molecule has 2 aromatic carbocycles. The van der Waals surface area contributed by atoms with E-state index < -0.39 is 16.2 Å². The van der Waals surface area contributed by atoms with Crippen LogP contribution in [-0.4, -0.2) is 20.3 Å². The number of aryl methyl sites for hydroxylation is 1. The second-order valence-corrected chi connectivity index (χ2v) is 6.31. The van der Waals surface area contributed by atoms with E-state index in [1.54, 1.807) is 42.5 Å². The van der Waals surface area contributed by atoms with Crippen LogP contribution < -0.4 is 0 Å². The number of hydrogen-bond donors (Lipinski definition) is 0. The van der Waals surface area contributed by atoms with Crippen LogP contribution in [0.2, 0.25) is 0 Å². The fourth-order valence-corrected chi connectivity index (χ4v) is 2.88. The summed E-state index contributed by atoms with van der Waals surface area (Å²) in [5.74, 6) is -0.369. The minimum Gasteiger partial charge on any atom is -0.291 e. The summed E-state index contributed by atoms with van der Waals surface area (Å²) >= 11 is 0. The Morgan fingerprint density at radius 2 is 1.57 bits per heavy atom. The van der Waals surface area contributed by atoms with Gasteiger partial charge in [0.05, 0.1) is 4.90 Å². The van der Waals surface area contributed by atoms with E-state index >= 15 is 0 Å². The third-order valence-corrected chi connectivity index (χ3v) is 4.40. The molecule has 0 aliphatic carbocycles. The van der Waals surface area contributed by atoms with Crippen LogP contribution in [-0.2, 0) is 14.3 Å². The van der Waals surface area contributed by atoms with Gasteiger partial charge in [-0.05, 0) is 26.0 Å². The van der Waals surface area contributed by atoms with Crippen molar-refractivity contribution in [2.75, 3.05) is 0 Å². The first-order chi connectivity index (χ1) is 9.90. The highest BCUT2D eigenvalue weighted by molar-refractivity contribution is 7.86. The Balaban J connectivity index is 2.17. The van der Waals surface area contributed by atoms with Crippen LogP contribution in [0.3, 0.4) is 0 Å². The van der Waals surface area contributed by atoms with Gasteiger partial charge in [0.25, 0.3) is 10.1 Å². The van der Waals surface area contributed by atoms with Gasteiger partial charge >= 0.3 is 0 Å². The Morgan fingerprint density at radius 1 is 1.00 bits per heavy atom. The minimum absolute atomic E-state index is 0.0424. The van der Waals surface area contributed by atoms with E-state index in [0.29, 0.717) is 5.56 Å². The Kier molecular flexibility index (Phi) is 4.55. The molecule has 0 heterocycles. The molecule has 0 bridgehead atoms. The average molecular weight is 304 g/mol. The third-order valence-electron chi connectivity index (χ3n) is 3.01. The smallest absolute Gasteiger partial charge is 0.291 e. The second kappa shape index (κ2) is 6.20. The van der Waals surface area contributed by atoms with E-state index in [2.05, 4.69) is 0 Å². The van der Waals surface area contributed by atoms with Gasteiger partial charge in [0.1, 0.15) is 6.10 Å². The van der Waals surface area contributed by atoms with Crippen molar-refractivity contribution >= 4 is 15.9 Å². The molecule has 0 unspecified atom stereocenters. The van der Waals surface area contributed by atoms with Gasteiger partial charge in [-0.2, -0.15) is 8.42 Å². The molecule has 21 heavy (non-hydrogen) atoms. The van der Waals surface area contributed by atoms with Crippen LogP contribution in [0.15, 0.2) is 59.5 Å². The molecule has 0 saturated heterocycles. The molecule has 0 N–H and O–H groups in total. The van der Waals surface area contributed by atoms with Gasteiger partial charge in [0.2, 0.25) is 0 Å². The number of ketones is 1. The van der Waals surface area contributed by atoms with Crippen LogP contribution in [0.25, 0.3) is 0 Å². The molecule has 2 aromatic rings. The van der Waals surface area contributed by atoms with E-state index in [0.717, 1.165) is 5.56 Å². The van der Waals surface area contributed by atoms with Gasteiger partial charge in [0.15, 0.2) is 5.78 Å². The molecule has 2 rings (SSSR count). The molecule has 0 aromatic heterocycles. The molecule has 1 atom stereocenters. The number of Topliss-reactive ketones (excluding diaryl/α,β-unsaturated/α-hetero) is 1. The third kappa shape index (κ3) is 3.77. The highest BCUT2D eigenvalue weighted by Gasteiger charge is 2.24. The van der Waals surface area contributed by atoms with Crippen molar-refractivity contribution in [3.63, 3.8) is 0 Å². The van der Waals surface area contributed by atoms with Crippen LogP contribution in [0.4, 0.5) is 0 Å². The van der Waals surface area contributed by atoms with Gasteiger partial charge in [-0.1, -0.05) is 48.0 Å². The van der Waals surface area contributed by atoms with Crippen molar-refractivity contribution < 1.29 is 17.4 Å². The van der Waals surface area contributed by atoms with Crippen molar-refractivity contribution in [1.29, 1.82) is 0 Å². The maximum atomic E-state index is 12.1. The summed E-state index contributed by atoms with van der Waals surface area (Å²) in [6.45, 7) is 3.29. The molecule has 0 spiro atoms. The maximum Gasteiger partial charge on any atom is 0.297 e. The summed E-state index contributed by atoms with van der Waals surface area (Å²) in [7, 11) is -3.95. The lowest BCUT2D eigenvalue weighted by Gasteiger charge is -2.12. The first kappa shape index (κ1) is 15.4. The minimum atomic E-state index is -3.95. The first-order valence-electron chi connectivity index (χ1n) is 6.49. The molecular weight excluding hydrogens is 288 g/mol. The lowest BCUT2D eigenvalue weighted by Crippen LogP contribution is -2.24. The van der Waals surface area contributed by atoms with E-state index in [9.17, 15) is 13.2 Å². The zero-order valence-electron chi connectivity index (χ0n) is 11.8. The Morgan fingerprint density at radius 3 is 2.14 bits per heavy atom. The quantitative estimate of drug-likeness (QED) is 0.629. The lowest BCUT2D eigenvalue weighted by molar-refractivity contribution is 0.0826. The average Bonchev–Trinajstić information content (AvgIpc) is 2.47. The first-order valence-corrected chi connectivity index (χ1v) is 7.90.